The molecule has 3 rings (SSSR count). The molecular weight excluding hydrogens is 398 g/mol. The molecule has 8 nitrogen and oxygen atoms in total. The fourth-order valence-corrected chi connectivity index (χ4v) is 2.64. The van der Waals surface area contributed by atoms with E-state index < -0.39 is 5.91 Å². The monoisotopic (exact) mass is 419 g/mol. The van der Waals surface area contributed by atoms with Gasteiger partial charge in [0.05, 0.1) is 11.9 Å². The predicted molar refractivity (Wildman–Crippen MR) is 114 cm³/mol. The topological polar surface area (TPSA) is 121 Å². The first-order chi connectivity index (χ1) is 14.9. The second kappa shape index (κ2) is 10.0. The number of carbonyl (C=O) groups is 3. The number of Topliss-reactive ketones (excluding diaryl/α,β-unsaturated/α-hetero) is 1. The minimum Gasteiger partial charge on any atom is -0.484 e. The Hall–Kier alpha value is -4.20. The number of carbonyl (C=O) groups excluding carboxylic acids is 3. The SMILES string of the molecule is CCC(=O)c1ccc(OCC(=O)Nc2ccc(Oc3cccc(C(N)=O)c3)nc2)cc1. The summed E-state index contributed by atoms with van der Waals surface area (Å²) in [6.45, 7) is 1.60. The molecule has 1 heterocycles. The Kier molecular flexibility index (Phi) is 6.95. The van der Waals surface area contributed by atoms with Crippen LogP contribution in [0.5, 0.6) is 17.4 Å². The number of nitrogens with one attached hydrogen (secondary N) is 1. The molecule has 8 heteroatoms. The van der Waals surface area contributed by atoms with Crippen LogP contribution < -0.4 is 20.5 Å². The molecule has 0 saturated carbocycles. The number of aromatic nitrogens is 1. The van der Waals surface area contributed by atoms with Crippen molar-refractivity contribution in [1.82, 2.24) is 4.98 Å². The molecule has 1 aromatic heterocycles. The normalized spacial score (nSPS) is 10.2. The summed E-state index contributed by atoms with van der Waals surface area (Å²) in [6.07, 6.45) is 1.87. The maximum absolute atomic E-state index is 12.1. The number of ether oxygens (including phenoxy) is 2. The Labute approximate surface area is 179 Å². The molecule has 0 aliphatic carbocycles. The van der Waals surface area contributed by atoms with E-state index in [0.29, 0.717) is 34.7 Å². The zero-order chi connectivity index (χ0) is 22.2. The number of ketones is 1. The smallest absolute Gasteiger partial charge is 0.262 e. The van der Waals surface area contributed by atoms with Gasteiger partial charge in [0.15, 0.2) is 12.4 Å². The third-order valence-electron chi connectivity index (χ3n) is 4.23. The maximum Gasteiger partial charge on any atom is 0.262 e. The van der Waals surface area contributed by atoms with Crippen LogP contribution in [0.2, 0.25) is 0 Å². The summed E-state index contributed by atoms with van der Waals surface area (Å²) in [5.74, 6) is 0.327. The Morgan fingerprint density at radius 2 is 1.74 bits per heavy atom. The fraction of sp³-hybridized carbons (Fsp3) is 0.130. The van der Waals surface area contributed by atoms with Crippen LogP contribution >= 0.6 is 0 Å². The maximum atomic E-state index is 12.1. The molecule has 158 valence electrons. The van der Waals surface area contributed by atoms with Crippen molar-refractivity contribution in [1.29, 1.82) is 0 Å². The lowest BCUT2D eigenvalue weighted by Gasteiger charge is -2.09. The fourth-order valence-electron chi connectivity index (χ4n) is 2.64. The van der Waals surface area contributed by atoms with Crippen molar-refractivity contribution in [2.24, 2.45) is 5.73 Å². The van der Waals surface area contributed by atoms with Gasteiger partial charge in [-0.25, -0.2) is 4.98 Å². The van der Waals surface area contributed by atoms with Gasteiger partial charge < -0.3 is 20.5 Å². The third kappa shape index (κ3) is 6.14. The Morgan fingerprint density at radius 3 is 2.39 bits per heavy atom. The van der Waals surface area contributed by atoms with Gasteiger partial charge in [-0.1, -0.05) is 13.0 Å². The zero-order valence-corrected chi connectivity index (χ0v) is 16.8. The molecular formula is C23H21N3O5. The standard InChI is InChI=1S/C23H21N3O5/c1-2-20(27)15-6-9-18(10-7-15)30-14-21(28)26-17-8-11-22(25-13-17)31-19-5-3-4-16(12-19)23(24)29/h3-13H,2,14H2,1H3,(H2,24,29)(H,26,28). The summed E-state index contributed by atoms with van der Waals surface area (Å²) in [4.78, 5) is 39.1. The van der Waals surface area contributed by atoms with E-state index >= 15 is 0 Å². The van der Waals surface area contributed by atoms with Gasteiger partial charge >= 0.3 is 0 Å². The van der Waals surface area contributed by atoms with Gasteiger partial charge in [0, 0.05) is 23.6 Å². The molecule has 0 fully saturated rings. The third-order valence-corrected chi connectivity index (χ3v) is 4.23. The lowest BCUT2D eigenvalue weighted by Crippen LogP contribution is -2.20. The van der Waals surface area contributed by atoms with E-state index in [1.807, 2.05) is 0 Å². The first-order valence-corrected chi connectivity index (χ1v) is 9.54. The second-order valence-corrected chi connectivity index (χ2v) is 6.52. The number of nitrogens with zero attached hydrogens (tertiary/aromatic N) is 1. The number of primary amides is 1. The van der Waals surface area contributed by atoms with Gasteiger partial charge in [0.2, 0.25) is 11.8 Å². The van der Waals surface area contributed by atoms with Crippen molar-refractivity contribution < 1.29 is 23.9 Å². The summed E-state index contributed by atoms with van der Waals surface area (Å²) >= 11 is 0. The van der Waals surface area contributed by atoms with E-state index in [2.05, 4.69) is 10.3 Å². The summed E-state index contributed by atoms with van der Waals surface area (Å²) in [5, 5.41) is 2.67. The van der Waals surface area contributed by atoms with Crippen LogP contribution in [0.15, 0.2) is 66.9 Å². The molecule has 0 saturated heterocycles. The molecule has 0 aliphatic heterocycles. The number of anilines is 1. The summed E-state index contributed by atoms with van der Waals surface area (Å²) in [5.41, 5.74) is 6.65. The number of rotatable bonds is 9. The van der Waals surface area contributed by atoms with Crippen molar-refractivity contribution in [3.8, 4) is 17.4 Å². The number of hydrogen-bond acceptors (Lipinski definition) is 6. The highest BCUT2D eigenvalue weighted by Gasteiger charge is 2.08. The van der Waals surface area contributed by atoms with Crippen LogP contribution in [-0.4, -0.2) is 29.2 Å². The first-order valence-electron chi connectivity index (χ1n) is 9.54. The molecule has 2 amide bonds. The van der Waals surface area contributed by atoms with E-state index in [0.717, 1.165) is 0 Å². The second-order valence-electron chi connectivity index (χ2n) is 6.52. The van der Waals surface area contributed by atoms with E-state index in [9.17, 15) is 14.4 Å². The van der Waals surface area contributed by atoms with Crippen molar-refractivity contribution in [2.75, 3.05) is 11.9 Å². The Bertz CT molecular complexity index is 1080. The number of hydrogen-bond donors (Lipinski definition) is 2. The van der Waals surface area contributed by atoms with Crippen molar-refractivity contribution >= 4 is 23.3 Å². The average molecular weight is 419 g/mol. The summed E-state index contributed by atoms with van der Waals surface area (Å²) < 4.78 is 11.0. The van der Waals surface area contributed by atoms with E-state index in [1.165, 1.54) is 12.3 Å². The molecule has 0 unspecified atom stereocenters. The molecule has 2 aromatic carbocycles. The number of pyridine rings is 1. The zero-order valence-electron chi connectivity index (χ0n) is 16.8. The van der Waals surface area contributed by atoms with Crippen molar-refractivity contribution in [3.05, 3.63) is 78.0 Å². The molecule has 31 heavy (non-hydrogen) atoms. The minimum atomic E-state index is -0.552. The van der Waals surface area contributed by atoms with Gasteiger partial charge in [0.25, 0.3) is 5.91 Å². The van der Waals surface area contributed by atoms with Crippen LogP contribution in [0.3, 0.4) is 0 Å². The predicted octanol–water partition coefficient (Wildman–Crippen LogP) is 3.58. The Balaban J connectivity index is 1.51. The highest BCUT2D eigenvalue weighted by atomic mass is 16.5. The lowest BCUT2D eigenvalue weighted by molar-refractivity contribution is -0.118. The van der Waals surface area contributed by atoms with E-state index in [1.54, 1.807) is 61.5 Å². The number of amides is 2. The molecule has 0 atom stereocenters. The van der Waals surface area contributed by atoms with Crippen LogP contribution in [-0.2, 0) is 4.79 Å². The summed E-state index contributed by atoms with van der Waals surface area (Å²) in [6, 6.07) is 16.3. The molecule has 0 radical (unpaired) electrons. The van der Waals surface area contributed by atoms with E-state index in [-0.39, 0.29) is 24.2 Å². The molecule has 3 aromatic rings. The highest BCUT2D eigenvalue weighted by molar-refractivity contribution is 5.96. The number of benzene rings is 2. The summed E-state index contributed by atoms with van der Waals surface area (Å²) in [7, 11) is 0. The van der Waals surface area contributed by atoms with Gasteiger partial charge in [0.1, 0.15) is 11.5 Å². The van der Waals surface area contributed by atoms with Crippen molar-refractivity contribution in [2.45, 2.75) is 13.3 Å². The van der Waals surface area contributed by atoms with Crippen molar-refractivity contribution in [3.63, 3.8) is 0 Å². The molecule has 0 aliphatic rings. The largest absolute Gasteiger partial charge is 0.484 e. The van der Waals surface area contributed by atoms with Gasteiger partial charge in [-0.3, -0.25) is 14.4 Å². The highest BCUT2D eigenvalue weighted by Crippen LogP contribution is 2.21. The van der Waals surface area contributed by atoms with Crippen LogP contribution in [0.4, 0.5) is 5.69 Å². The van der Waals surface area contributed by atoms with E-state index in [4.69, 9.17) is 15.2 Å². The van der Waals surface area contributed by atoms with Gasteiger partial charge in [-0.05, 0) is 48.5 Å². The first kappa shape index (κ1) is 21.5. The molecule has 0 spiro atoms. The Morgan fingerprint density at radius 1 is 0.968 bits per heavy atom. The quantitative estimate of drug-likeness (QED) is 0.512. The van der Waals surface area contributed by atoms with Gasteiger partial charge in [-0.15, -0.1) is 0 Å². The molecule has 3 N–H and O–H groups in total. The van der Waals surface area contributed by atoms with Crippen LogP contribution in [0.1, 0.15) is 34.1 Å². The number of nitrogens with two attached hydrogens (primary N) is 1. The average Bonchev–Trinajstić information content (AvgIpc) is 2.79. The van der Waals surface area contributed by atoms with Crippen LogP contribution in [0, 0.1) is 0 Å². The van der Waals surface area contributed by atoms with Gasteiger partial charge in [-0.2, -0.15) is 0 Å². The lowest BCUT2D eigenvalue weighted by atomic mass is 10.1. The van der Waals surface area contributed by atoms with Crippen LogP contribution in [0.25, 0.3) is 0 Å². The minimum absolute atomic E-state index is 0.0461. The molecule has 0 bridgehead atoms.